The number of primary amides is 2. The number of ether oxygens (including phenoxy) is 1. The van der Waals surface area contributed by atoms with E-state index in [1.165, 1.54) is 17.7 Å². The summed E-state index contributed by atoms with van der Waals surface area (Å²) in [4.78, 5) is 49.3. The second-order valence-corrected chi connectivity index (χ2v) is 7.56. The van der Waals surface area contributed by atoms with Crippen LogP contribution < -0.4 is 26.8 Å². The van der Waals surface area contributed by atoms with E-state index in [0.29, 0.717) is 29.6 Å². The van der Waals surface area contributed by atoms with Crippen molar-refractivity contribution in [2.45, 2.75) is 31.3 Å². The van der Waals surface area contributed by atoms with Crippen LogP contribution in [0.4, 0.5) is 0 Å². The highest BCUT2D eigenvalue weighted by Gasteiger charge is 2.33. The van der Waals surface area contributed by atoms with E-state index < -0.39 is 35.7 Å². The third-order valence-corrected chi connectivity index (χ3v) is 5.58. The number of amides is 4. The van der Waals surface area contributed by atoms with Gasteiger partial charge in [0.05, 0.1) is 12.6 Å². The van der Waals surface area contributed by atoms with Crippen molar-refractivity contribution in [3.05, 3.63) is 30.0 Å². The number of terminal acetylenes is 1. The van der Waals surface area contributed by atoms with E-state index in [0.717, 1.165) is 0 Å². The second kappa shape index (κ2) is 9.43. The molecule has 0 radical (unpaired) electrons. The molecule has 2 aromatic rings. The molecular formula is C22H25N5O5. The molecule has 2 heterocycles. The normalized spacial score (nSPS) is 17.2. The SMILES string of the molecule is C#CC[C@@H](C(=O)N[C@@H](C[C@@H]1CCNC1=O)C(N)=O)n1c(C(N)=O)cc2c(OC)cccc21. The van der Waals surface area contributed by atoms with Gasteiger partial charge in [-0.25, -0.2) is 0 Å². The minimum Gasteiger partial charge on any atom is -0.496 e. The summed E-state index contributed by atoms with van der Waals surface area (Å²) in [6, 6.07) is 4.52. The molecule has 1 saturated heterocycles. The van der Waals surface area contributed by atoms with Crippen molar-refractivity contribution in [2.24, 2.45) is 17.4 Å². The Kier molecular flexibility index (Phi) is 6.68. The molecule has 0 bridgehead atoms. The zero-order chi connectivity index (χ0) is 23.4. The molecule has 0 aliphatic carbocycles. The Morgan fingerprint density at radius 2 is 2.12 bits per heavy atom. The average Bonchev–Trinajstić information content (AvgIpc) is 3.34. The van der Waals surface area contributed by atoms with E-state index in [2.05, 4.69) is 16.6 Å². The summed E-state index contributed by atoms with van der Waals surface area (Å²) in [7, 11) is 1.48. The predicted octanol–water partition coefficient (Wildman–Crippen LogP) is -0.190. The summed E-state index contributed by atoms with van der Waals surface area (Å²) in [5, 5.41) is 5.87. The number of hydrogen-bond donors (Lipinski definition) is 4. The molecule has 6 N–H and O–H groups in total. The highest BCUT2D eigenvalue weighted by Crippen LogP contribution is 2.32. The maximum Gasteiger partial charge on any atom is 0.265 e. The molecule has 0 spiro atoms. The number of hydrogen-bond acceptors (Lipinski definition) is 5. The first kappa shape index (κ1) is 22.7. The zero-order valence-electron chi connectivity index (χ0n) is 17.6. The van der Waals surface area contributed by atoms with Crippen molar-refractivity contribution in [3.8, 4) is 18.1 Å². The fourth-order valence-electron chi connectivity index (χ4n) is 4.01. The van der Waals surface area contributed by atoms with E-state index >= 15 is 0 Å². The van der Waals surface area contributed by atoms with Crippen molar-refractivity contribution >= 4 is 34.5 Å². The number of methoxy groups -OCH3 is 1. The number of fused-ring (bicyclic) bond motifs is 1. The number of carbonyl (C=O) groups excluding carboxylic acids is 4. The van der Waals surface area contributed by atoms with Gasteiger partial charge in [0, 0.05) is 24.3 Å². The number of rotatable bonds is 9. The third kappa shape index (κ3) is 4.37. The molecule has 168 valence electrons. The van der Waals surface area contributed by atoms with Crippen LogP contribution in [-0.4, -0.2) is 47.9 Å². The predicted molar refractivity (Wildman–Crippen MR) is 116 cm³/mol. The highest BCUT2D eigenvalue weighted by atomic mass is 16.5. The van der Waals surface area contributed by atoms with E-state index in [4.69, 9.17) is 22.6 Å². The van der Waals surface area contributed by atoms with E-state index in [9.17, 15) is 19.2 Å². The van der Waals surface area contributed by atoms with Crippen LogP contribution in [0.25, 0.3) is 10.9 Å². The van der Waals surface area contributed by atoms with Gasteiger partial charge in [0.2, 0.25) is 17.7 Å². The smallest absolute Gasteiger partial charge is 0.265 e. The number of aromatic nitrogens is 1. The molecule has 3 atom stereocenters. The van der Waals surface area contributed by atoms with Crippen molar-refractivity contribution < 1.29 is 23.9 Å². The topological polar surface area (TPSA) is 159 Å². The Balaban J connectivity index is 1.99. The first-order chi connectivity index (χ1) is 15.3. The average molecular weight is 439 g/mol. The number of nitrogens with one attached hydrogen (secondary N) is 2. The van der Waals surface area contributed by atoms with Crippen molar-refractivity contribution in [3.63, 3.8) is 0 Å². The van der Waals surface area contributed by atoms with Gasteiger partial charge in [-0.3, -0.25) is 19.2 Å². The molecule has 1 aliphatic heterocycles. The van der Waals surface area contributed by atoms with Crippen LogP contribution in [-0.2, 0) is 14.4 Å². The molecule has 1 aromatic heterocycles. The first-order valence-corrected chi connectivity index (χ1v) is 10.1. The molecule has 3 rings (SSSR count). The lowest BCUT2D eigenvalue weighted by molar-refractivity contribution is -0.130. The second-order valence-electron chi connectivity index (χ2n) is 7.56. The van der Waals surface area contributed by atoms with Crippen molar-refractivity contribution in [2.75, 3.05) is 13.7 Å². The molecule has 1 fully saturated rings. The van der Waals surface area contributed by atoms with Gasteiger partial charge in [0.1, 0.15) is 23.5 Å². The maximum absolute atomic E-state index is 13.3. The molecule has 0 saturated carbocycles. The summed E-state index contributed by atoms with van der Waals surface area (Å²) in [6.45, 7) is 0.502. The minimum atomic E-state index is -1.08. The summed E-state index contributed by atoms with van der Waals surface area (Å²) in [6.07, 6.45) is 6.04. The maximum atomic E-state index is 13.3. The standard InChI is InChI=1S/C22H25N5O5/c1-3-5-16(22(31)26-14(19(23)28)10-12-8-9-25-21(12)30)27-15-6-4-7-18(32-2)13(15)11-17(27)20(24)29/h1,4,6-7,11-12,14,16H,5,8-10H2,2H3,(H2,23,28)(H2,24,29)(H,25,30)(H,26,31)/t12-,14-,16-/m0/s1. The Bertz CT molecular complexity index is 1120. The van der Waals surface area contributed by atoms with Gasteiger partial charge in [-0.15, -0.1) is 12.3 Å². The number of nitrogens with zero attached hydrogens (tertiary/aromatic N) is 1. The van der Waals surface area contributed by atoms with Gasteiger partial charge >= 0.3 is 0 Å². The summed E-state index contributed by atoms with van der Waals surface area (Å²) in [5.74, 6) is 0.156. The number of carbonyl (C=O) groups is 4. The lowest BCUT2D eigenvalue weighted by Crippen LogP contribution is -2.48. The van der Waals surface area contributed by atoms with Gasteiger partial charge in [0.15, 0.2) is 0 Å². The van der Waals surface area contributed by atoms with Gasteiger partial charge < -0.3 is 31.4 Å². The van der Waals surface area contributed by atoms with Gasteiger partial charge in [-0.1, -0.05) is 6.07 Å². The number of benzene rings is 1. The van der Waals surface area contributed by atoms with E-state index in [-0.39, 0.29) is 24.4 Å². The Morgan fingerprint density at radius 3 is 2.69 bits per heavy atom. The summed E-state index contributed by atoms with van der Waals surface area (Å²) < 4.78 is 6.79. The van der Waals surface area contributed by atoms with Crippen LogP contribution in [0.2, 0.25) is 0 Å². The third-order valence-electron chi connectivity index (χ3n) is 5.58. The lowest BCUT2D eigenvalue weighted by Gasteiger charge is -2.24. The summed E-state index contributed by atoms with van der Waals surface area (Å²) in [5.41, 5.74) is 11.6. The Morgan fingerprint density at radius 1 is 1.38 bits per heavy atom. The highest BCUT2D eigenvalue weighted by molar-refractivity contribution is 6.01. The Labute approximate surface area is 184 Å². The van der Waals surface area contributed by atoms with Crippen LogP contribution in [0.1, 0.15) is 35.8 Å². The van der Waals surface area contributed by atoms with Crippen LogP contribution in [0.5, 0.6) is 5.75 Å². The quantitative estimate of drug-likeness (QED) is 0.398. The molecular weight excluding hydrogens is 414 g/mol. The van der Waals surface area contributed by atoms with Crippen LogP contribution in [0, 0.1) is 18.3 Å². The molecule has 4 amide bonds. The Hall–Kier alpha value is -4.00. The molecule has 0 unspecified atom stereocenters. The molecule has 10 nitrogen and oxygen atoms in total. The van der Waals surface area contributed by atoms with E-state index in [1.807, 2.05) is 0 Å². The minimum absolute atomic E-state index is 0.0608. The van der Waals surface area contributed by atoms with Crippen molar-refractivity contribution in [1.82, 2.24) is 15.2 Å². The summed E-state index contributed by atoms with van der Waals surface area (Å²) >= 11 is 0. The fourth-order valence-corrected chi connectivity index (χ4v) is 4.01. The monoisotopic (exact) mass is 439 g/mol. The fraction of sp³-hybridized carbons (Fsp3) is 0.364. The van der Waals surface area contributed by atoms with Gasteiger partial charge in [-0.2, -0.15) is 0 Å². The van der Waals surface area contributed by atoms with Gasteiger partial charge in [0.25, 0.3) is 5.91 Å². The molecule has 10 heteroatoms. The largest absolute Gasteiger partial charge is 0.496 e. The molecule has 32 heavy (non-hydrogen) atoms. The number of nitrogens with two attached hydrogens (primary N) is 2. The van der Waals surface area contributed by atoms with Crippen LogP contribution >= 0.6 is 0 Å². The first-order valence-electron chi connectivity index (χ1n) is 10.1. The van der Waals surface area contributed by atoms with Crippen molar-refractivity contribution in [1.29, 1.82) is 0 Å². The van der Waals surface area contributed by atoms with E-state index in [1.54, 1.807) is 18.2 Å². The molecule has 1 aromatic carbocycles. The zero-order valence-corrected chi connectivity index (χ0v) is 17.6. The lowest BCUT2D eigenvalue weighted by atomic mass is 9.97. The molecule has 1 aliphatic rings. The van der Waals surface area contributed by atoms with Crippen LogP contribution in [0.15, 0.2) is 24.3 Å². The van der Waals surface area contributed by atoms with Crippen LogP contribution in [0.3, 0.4) is 0 Å². The van der Waals surface area contributed by atoms with Gasteiger partial charge in [-0.05, 0) is 31.0 Å².